The van der Waals surface area contributed by atoms with Crippen LogP contribution in [0.15, 0.2) is 30.3 Å². The second kappa shape index (κ2) is 5.73. The number of carbonyl (C=O) groups excluding carboxylic acids is 1. The van der Waals surface area contributed by atoms with E-state index in [4.69, 9.17) is 0 Å². The predicted octanol–water partition coefficient (Wildman–Crippen LogP) is 3.17. The van der Waals surface area contributed by atoms with E-state index < -0.39 is 5.92 Å². The Morgan fingerprint density at radius 2 is 2.10 bits per heavy atom. The highest BCUT2D eigenvalue weighted by atomic mass is 32.1. The van der Waals surface area contributed by atoms with Crippen molar-refractivity contribution in [2.75, 3.05) is 10.6 Å². The highest BCUT2D eigenvalue weighted by Gasteiger charge is 2.26. The monoisotopic (exact) mass is 303 g/mol. The molecule has 1 unspecified atom stereocenters. The van der Waals surface area contributed by atoms with E-state index in [2.05, 4.69) is 15.6 Å². The highest BCUT2D eigenvalue weighted by molar-refractivity contribution is 7.16. The van der Waals surface area contributed by atoms with Gasteiger partial charge in [-0.25, -0.2) is 0 Å². The third-order valence-electron chi connectivity index (χ3n) is 3.37. The molecule has 1 amide bonds. The first kappa shape index (κ1) is 13.9. The molecule has 5 nitrogen and oxygen atoms in total. The van der Waals surface area contributed by atoms with Gasteiger partial charge in [0.1, 0.15) is 0 Å². The maximum Gasteiger partial charge on any atom is 0.232 e. The molecule has 0 saturated heterocycles. The first-order valence-electron chi connectivity index (χ1n) is 6.95. The van der Waals surface area contributed by atoms with Gasteiger partial charge in [-0.3, -0.25) is 4.79 Å². The van der Waals surface area contributed by atoms with Gasteiger partial charge in [0.05, 0.1) is 10.8 Å². The summed E-state index contributed by atoms with van der Waals surface area (Å²) in [6, 6.07) is 9.75. The number of para-hydroxylation sites is 1. The Morgan fingerprint density at radius 3 is 2.76 bits per heavy atom. The van der Waals surface area contributed by atoms with Crippen LogP contribution in [0.5, 0.6) is 5.88 Å². The Bertz CT molecular complexity index is 638. The number of hydrogen-bond acceptors (Lipinski definition) is 5. The number of benzene rings is 1. The van der Waals surface area contributed by atoms with Gasteiger partial charge >= 0.3 is 0 Å². The summed E-state index contributed by atoms with van der Waals surface area (Å²) in [5.74, 6) is -0.658. The second-order valence-electron chi connectivity index (χ2n) is 5.20. The van der Waals surface area contributed by atoms with Crippen molar-refractivity contribution in [2.45, 2.75) is 31.7 Å². The van der Waals surface area contributed by atoms with Crippen molar-refractivity contribution >= 4 is 28.1 Å². The lowest BCUT2D eigenvalue weighted by Crippen LogP contribution is -2.18. The standard InChI is InChI=1S/C15H17N3O2S/c1-9(13(19)16-10-5-3-2-4-6-10)12-14(20)18-15(21-12)17-11-7-8-11/h2-6,9,11,20H,7-8H2,1H3,(H,16,19)(H,17,18). The van der Waals surface area contributed by atoms with Crippen LogP contribution in [-0.2, 0) is 4.79 Å². The Kier molecular flexibility index (Phi) is 3.79. The molecule has 1 aliphatic rings. The quantitative estimate of drug-likeness (QED) is 0.793. The van der Waals surface area contributed by atoms with Gasteiger partial charge in [-0.2, -0.15) is 4.98 Å². The van der Waals surface area contributed by atoms with Crippen molar-refractivity contribution in [3.8, 4) is 5.88 Å². The van der Waals surface area contributed by atoms with Crippen LogP contribution < -0.4 is 10.6 Å². The Morgan fingerprint density at radius 1 is 1.38 bits per heavy atom. The molecule has 110 valence electrons. The van der Waals surface area contributed by atoms with Crippen LogP contribution in [0.2, 0.25) is 0 Å². The zero-order chi connectivity index (χ0) is 14.8. The first-order valence-corrected chi connectivity index (χ1v) is 7.77. The van der Waals surface area contributed by atoms with Crippen LogP contribution in [0.4, 0.5) is 10.8 Å². The molecule has 3 N–H and O–H groups in total. The van der Waals surface area contributed by atoms with E-state index in [-0.39, 0.29) is 11.8 Å². The molecule has 1 atom stereocenters. The number of anilines is 2. The van der Waals surface area contributed by atoms with Crippen molar-refractivity contribution < 1.29 is 9.90 Å². The molecule has 0 aliphatic heterocycles. The number of thiazole rings is 1. The van der Waals surface area contributed by atoms with Crippen molar-refractivity contribution in [2.24, 2.45) is 0 Å². The van der Waals surface area contributed by atoms with Gasteiger partial charge < -0.3 is 15.7 Å². The lowest BCUT2D eigenvalue weighted by Gasteiger charge is -2.10. The molecule has 6 heteroatoms. The number of carbonyl (C=O) groups is 1. The van der Waals surface area contributed by atoms with Gasteiger partial charge in [-0.1, -0.05) is 29.5 Å². The zero-order valence-corrected chi connectivity index (χ0v) is 12.5. The predicted molar refractivity (Wildman–Crippen MR) is 83.9 cm³/mol. The number of hydrogen-bond donors (Lipinski definition) is 3. The molecule has 1 aromatic carbocycles. The van der Waals surface area contributed by atoms with E-state index in [1.54, 1.807) is 6.92 Å². The summed E-state index contributed by atoms with van der Waals surface area (Å²) in [5, 5.41) is 16.7. The molecule has 1 aliphatic carbocycles. The minimum atomic E-state index is -0.447. The maximum absolute atomic E-state index is 12.2. The average molecular weight is 303 g/mol. The molecular weight excluding hydrogens is 286 g/mol. The number of aromatic hydroxyl groups is 1. The number of aromatic nitrogens is 1. The summed E-state index contributed by atoms with van der Waals surface area (Å²) in [6.07, 6.45) is 2.28. The third-order valence-corrected chi connectivity index (χ3v) is 4.53. The first-order chi connectivity index (χ1) is 10.1. The van der Waals surface area contributed by atoms with Gasteiger partial charge in [-0.05, 0) is 31.9 Å². The minimum Gasteiger partial charge on any atom is -0.492 e. The third kappa shape index (κ3) is 3.33. The maximum atomic E-state index is 12.2. The minimum absolute atomic E-state index is 0.0566. The van der Waals surface area contributed by atoms with E-state index in [9.17, 15) is 9.90 Å². The van der Waals surface area contributed by atoms with Crippen molar-refractivity contribution in [3.05, 3.63) is 35.2 Å². The molecule has 21 heavy (non-hydrogen) atoms. The fourth-order valence-electron chi connectivity index (χ4n) is 1.96. The van der Waals surface area contributed by atoms with E-state index in [0.717, 1.165) is 18.5 Å². The van der Waals surface area contributed by atoms with Crippen LogP contribution in [0.1, 0.15) is 30.6 Å². The van der Waals surface area contributed by atoms with Gasteiger partial charge in [0.15, 0.2) is 5.13 Å². The summed E-state index contributed by atoms with van der Waals surface area (Å²) in [5.41, 5.74) is 0.745. The lowest BCUT2D eigenvalue weighted by atomic mass is 10.1. The molecule has 1 fully saturated rings. The molecule has 1 saturated carbocycles. The van der Waals surface area contributed by atoms with Gasteiger partial charge in [0.2, 0.25) is 11.8 Å². The summed E-state index contributed by atoms with van der Waals surface area (Å²) in [7, 11) is 0. The summed E-state index contributed by atoms with van der Waals surface area (Å²) < 4.78 is 0. The van der Waals surface area contributed by atoms with Crippen LogP contribution in [0.25, 0.3) is 0 Å². The van der Waals surface area contributed by atoms with Crippen LogP contribution in [0, 0.1) is 0 Å². The van der Waals surface area contributed by atoms with Crippen molar-refractivity contribution in [1.29, 1.82) is 0 Å². The fourth-order valence-corrected chi connectivity index (χ4v) is 2.95. The average Bonchev–Trinajstić information content (AvgIpc) is 3.21. The zero-order valence-electron chi connectivity index (χ0n) is 11.7. The Hall–Kier alpha value is -2.08. The molecule has 1 aromatic heterocycles. The molecule has 3 rings (SSSR count). The molecule has 0 bridgehead atoms. The van der Waals surface area contributed by atoms with E-state index in [1.165, 1.54) is 11.3 Å². The molecular formula is C15H17N3O2S. The summed E-state index contributed by atoms with van der Waals surface area (Å²) >= 11 is 1.34. The van der Waals surface area contributed by atoms with Crippen molar-refractivity contribution in [3.63, 3.8) is 0 Å². The Labute approximate surface area is 127 Å². The fraction of sp³-hybridized carbons (Fsp3) is 0.333. The summed E-state index contributed by atoms with van der Waals surface area (Å²) in [4.78, 5) is 16.9. The number of nitrogens with one attached hydrogen (secondary N) is 2. The van der Waals surface area contributed by atoms with E-state index >= 15 is 0 Å². The topological polar surface area (TPSA) is 74.2 Å². The Balaban J connectivity index is 1.70. The number of nitrogens with zero attached hydrogens (tertiary/aromatic N) is 1. The second-order valence-corrected chi connectivity index (χ2v) is 6.23. The van der Waals surface area contributed by atoms with Gasteiger partial charge in [-0.15, -0.1) is 0 Å². The van der Waals surface area contributed by atoms with Gasteiger partial charge in [0.25, 0.3) is 0 Å². The molecule has 0 radical (unpaired) electrons. The molecule has 1 heterocycles. The number of amides is 1. The van der Waals surface area contributed by atoms with Crippen molar-refractivity contribution in [1.82, 2.24) is 4.98 Å². The normalized spacial score (nSPS) is 15.5. The largest absolute Gasteiger partial charge is 0.492 e. The SMILES string of the molecule is CC(C(=O)Nc1ccccc1)c1sc(NC2CC2)nc1O. The molecule has 2 aromatic rings. The number of rotatable bonds is 5. The lowest BCUT2D eigenvalue weighted by molar-refractivity contribution is -0.117. The van der Waals surface area contributed by atoms with E-state index in [1.807, 2.05) is 30.3 Å². The van der Waals surface area contributed by atoms with Crippen LogP contribution in [-0.4, -0.2) is 22.0 Å². The highest BCUT2D eigenvalue weighted by Crippen LogP contribution is 2.37. The van der Waals surface area contributed by atoms with E-state index in [0.29, 0.717) is 16.1 Å². The summed E-state index contributed by atoms with van der Waals surface area (Å²) in [6.45, 7) is 1.77. The van der Waals surface area contributed by atoms with Crippen LogP contribution in [0.3, 0.4) is 0 Å². The smallest absolute Gasteiger partial charge is 0.232 e. The van der Waals surface area contributed by atoms with Gasteiger partial charge in [0, 0.05) is 11.7 Å². The molecule has 0 spiro atoms. The van der Waals surface area contributed by atoms with Crippen LogP contribution >= 0.6 is 11.3 Å².